The molecule has 1 aromatic carbocycles. The van der Waals surface area contributed by atoms with Crippen LogP contribution in [0.1, 0.15) is 13.3 Å². The summed E-state index contributed by atoms with van der Waals surface area (Å²) in [6, 6.07) is 6.83. The summed E-state index contributed by atoms with van der Waals surface area (Å²) in [7, 11) is 1.82. The largest absolute Gasteiger partial charge is 0.369 e. The van der Waals surface area contributed by atoms with Gasteiger partial charge in [-0.3, -0.25) is 4.79 Å². The van der Waals surface area contributed by atoms with Crippen molar-refractivity contribution in [3.8, 4) is 0 Å². The number of anilines is 1. The van der Waals surface area contributed by atoms with Gasteiger partial charge in [0.25, 0.3) is 0 Å². The SMILES string of the molecule is CC(=O)N(C)C1CCN(c2cccc(F)c2)C1. The van der Waals surface area contributed by atoms with Gasteiger partial charge in [0, 0.05) is 32.7 Å². The molecule has 0 aliphatic carbocycles. The van der Waals surface area contributed by atoms with Crippen LogP contribution < -0.4 is 4.90 Å². The van der Waals surface area contributed by atoms with Crippen LogP contribution in [0, 0.1) is 5.82 Å². The van der Waals surface area contributed by atoms with Crippen LogP contribution in [0.3, 0.4) is 0 Å². The zero-order valence-electron chi connectivity index (χ0n) is 10.2. The molecule has 1 aliphatic rings. The molecule has 3 nitrogen and oxygen atoms in total. The van der Waals surface area contributed by atoms with Crippen LogP contribution in [0.15, 0.2) is 24.3 Å². The van der Waals surface area contributed by atoms with Crippen molar-refractivity contribution >= 4 is 11.6 Å². The number of halogens is 1. The summed E-state index contributed by atoms with van der Waals surface area (Å²) in [5, 5.41) is 0. The molecule has 0 aromatic heterocycles. The van der Waals surface area contributed by atoms with E-state index in [9.17, 15) is 9.18 Å². The molecule has 0 spiro atoms. The third-order valence-electron chi connectivity index (χ3n) is 3.38. The molecule has 2 rings (SSSR count). The first kappa shape index (κ1) is 11.9. The van der Waals surface area contributed by atoms with Crippen LogP contribution in [0.4, 0.5) is 10.1 Å². The Hall–Kier alpha value is -1.58. The smallest absolute Gasteiger partial charge is 0.219 e. The van der Waals surface area contributed by atoms with Gasteiger partial charge in [-0.25, -0.2) is 4.39 Å². The van der Waals surface area contributed by atoms with Crippen molar-refractivity contribution in [1.29, 1.82) is 0 Å². The fourth-order valence-electron chi connectivity index (χ4n) is 2.22. The van der Waals surface area contributed by atoms with Crippen molar-refractivity contribution in [1.82, 2.24) is 4.90 Å². The Bertz CT molecular complexity index is 422. The third kappa shape index (κ3) is 2.57. The van der Waals surface area contributed by atoms with Crippen LogP contribution in [0.5, 0.6) is 0 Å². The number of hydrogen-bond donors (Lipinski definition) is 0. The average molecular weight is 236 g/mol. The molecule has 0 radical (unpaired) electrons. The second-order valence-corrected chi connectivity index (χ2v) is 4.50. The first-order valence-corrected chi connectivity index (χ1v) is 5.82. The molecule has 1 aliphatic heterocycles. The fraction of sp³-hybridized carbons (Fsp3) is 0.462. The number of benzene rings is 1. The minimum atomic E-state index is -0.217. The maximum Gasteiger partial charge on any atom is 0.219 e. The van der Waals surface area contributed by atoms with E-state index in [2.05, 4.69) is 4.90 Å². The highest BCUT2D eigenvalue weighted by atomic mass is 19.1. The first-order chi connectivity index (χ1) is 8.08. The van der Waals surface area contributed by atoms with Crippen molar-refractivity contribution in [3.05, 3.63) is 30.1 Å². The molecular formula is C13H17FN2O. The molecule has 0 saturated carbocycles. The van der Waals surface area contributed by atoms with Crippen LogP contribution in [-0.4, -0.2) is 37.0 Å². The zero-order valence-corrected chi connectivity index (χ0v) is 10.2. The Morgan fingerprint density at radius 3 is 2.94 bits per heavy atom. The second-order valence-electron chi connectivity index (χ2n) is 4.50. The van der Waals surface area contributed by atoms with Crippen LogP contribution in [-0.2, 0) is 4.79 Å². The summed E-state index contributed by atoms with van der Waals surface area (Å²) in [6.45, 7) is 3.22. The molecule has 1 aromatic rings. The molecule has 1 fully saturated rings. The highest BCUT2D eigenvalue weighted by molar-refractivity contribution is 5.73. The normalized spacial score (nSPS) is 19.5. The number of likely N-dealkylation sites (N-methyl/N-ethyl adjacent to an activating group) is 1. The molecule has 4 heteroatoms. The highest BCUT2D eigenvalue weighted by Crippen LogP contribution is 2.23. The maximum atomic E-state index is 13.1. The van der Waals surface area contributed by atoms with E-state index >= 15 is 0 Å². The minimum absolute atomic E-state index is 0.0797. The van der Waals surface area contributed by atoms with Gasteiger partial charge in [-0.15, -0.1) is 0 Å². The zero-order chi connectivity index (χ0) is 12.4. The van der Waals surface area contributed by atoms with Crippen LogP contribution in [0.2, 0.25) is 0 Å². The van der Waals surface area contributed by atoms with Crippen molar-refractivity contribution in [2.24, 2.45) is 0 Å². The molecule has 1 heterocycles. The van der Waals surface area contributed by atoms with Gasteiger partial charge in [0.15, 0.2) is 0 Å². The fourth-order valence-corrected chi connectivity index (χ4v) is 2.22. The molecule has 1 unspecified atom stereocenters. The molecule has 1 atom stereocenters. The van der Waals surface area contributed by atoms with E-state index in [4.69, 9.17) is 0 Å². The van der Waals surface area contributed by atoms with Crippen molar-refractivity contribution in [3.63, 3.8) is 0 Å². The molecule has 17 heavy (non-hydrogen) atoms. The van der Waals surface area contributed by atoms with Gasteiger partial charge in [0.1, 0.15) is 5.82 Å². The lowest BCUT2D eigenvalue weighted by molar-refractivity contribution is -0.129. The number of rotatable bonds is 2. The van der Waals surface area contributed by atoms with Gasteiger partial charge in [0.05, 0.1) is 6.04 Å². The topological polar surface area (TPSA) is 23.6 Å². The van der Waals surface area contributed by atoms with Gasteiger partial charge in [-0.1, -0.05) is 6.07 Å². The number of nitrogens with zero attached hydrogens (tertiary/aromatic N) is 2. The van der Waals surface area contributed by atoms with E-state index in [1.165, 1.54) is 12.1 Å². The predicted molar refractivity (Wildman–Crippen MR) is 65.5 cm³/mol. The number of amides is 1. The summed E-state index contributed by atoms with van der Waals surface area (Å²) in [5.74, 6) is -0.137. The summed E-state index contributed by atoms with van der Waals surface area (Å²) in [4.78, 5) is 15.2. The highest BCUT2D eigenvalue weighted by Gasteiger charge is 2.27. The predicted octanol–water partition coefficient (Wildman–Crippen LogP) is 1.88. The molecule has 1 amide bonds. The van der Waals surface area contributed by atoms with E-state index in [1.807, 2.05) is 13.1 Å². The summed E-state index contributed by atoms with van der Waals surface area (Å²) >= 11 is 0. The van der Waals surface area contributed by atoms with E-state index in [0.717, 1.165) is 25.2 Å². The summed E-state index contributed by atoms with van der Waals surface area (Å²) in [6.07, 6.45) is 0.937. The Morgan fingerprint density at radius 1 is 1.53 bits per heavy atom. The molecule has 92 valence electrons. The molecule has 0 bridgehead atoms. The van der Waals surface area contributed by atoms with Gasteiger partial charge in [0.2, 0.25) is 5.91 Å². The molecular weight excluding hydrogens is 219 g/mol. The Labute approximate surface area is 101 Å². The lowest BCUT2D eigenvalue weighted by Crippen LogP contribution is -2.37. The lowest BCUT2D eigenvalue weighted by atomic mass is 10.2. The van der Waals surface area contributed by atoms with Gasteiger partial charge >= 0.3 is 0 Å². The van der Waals surface area contributed by atoms with Gasteiger partial charge < -0.3 is 9.80 Å². The van der Waals surface area contributed by atoms with Crippen LogP contribution in [0.25, 0.3) is 0 Å². The van der Waals surface area contributed by atoms with Gasteiger partial charge in [-0.05, 0) is 24.6 Å². The monoisotopic (exact) mass is 236 g/mol. The number of hydrogen-bond acceptors (Lipinski definition) is 2. The van der Waals surface area contributed by atoms with Crippen molar-refractivity contribution < 1.29 is 9.18 Å². The Kier molecular flexibility index (Phi) is 3.31. The molecule has 0 N–H and O–H groups in total. The quantitative estimate of drug-likeness (QED) is 0.782. The van der Waals surface area contributed by atoms with E-state index < -0.39 is 0 Å². The summed E-state index contributed by atoms with van der Waals surface area (Å²) in [5.41, 5.74) is 0.893. The Balaban J connectivity index is 2.05. The second kappa shape index (κ2) is 4.73. The summed E-state index contributed by atoms with van der Waals surface area (Å²) < 4.78 is 13.1. The third-order valence-corrected chi connectivity index (χ3v) is 3.38. The van der Waals surface area contributed by atoms with E-state index in [-0.39, 0.29) is 17.8 Å². The van der Waals surface area contributed by atoms with Crippen LogP contribution >= 0.6 is 0 Å². The minimum Gasteiger partial charge on any atom is -0.369 e. The lowest BCUT2D eigenvalue weighted by Gasteiger charge is -2.24. The maximum absolute atomic E-state index is 13.1. The van der Waals surface area contributed by atoms with E-state index in [0.29, 0.717) is 0 Å². The number of carbonyl (C=O) groups is 1. The standard InChI is InChI=1S/C13H17FN2O/c1-10(17)15(2)13-6-7-16(9-13)12-5-3-4-11(14)8-12/h3-5,8,13H,6-7,9H2,1-2H3. The number of carbonyl (C=O) groups excluding carboxylic acids is 1. The van der Waals surface area contributed by atoms with Crippen molar-refractivity contribution in [2.45, 2.75) is 19.4 Å². The Morgan fingerprint density at radius 2 is 2.29 bits per heavy atom. The van der Waals surface area contributed by atoms with Gasteiger partial charge in [-0.2, -0.15) is 0 Å². The average Bonchev–Trinajstić information content (AvgIpc) is 2.77. The molecule has 1 saturated heterocycles. The van der Waals surface area contributed by atoms with E-state index in [1.54, 1.807) is 17.9 Å². The first-order valence-electron chi connectivity index (χ1n) is 5.82. The van der Waals surface area contributed by atoms with Crippen molar-refractivity contribution in [2.75, 3.05) is 25.0 Å².